The van der Waals surface area contributed by atoms with Gasteiger partial charge in [0.2, 0.25) is 5.91 Å². The van der Waals surface area contributed by atoms with E-state index in [4.69, 9.17) is 9.47 Å². The molecular weight excluding hydrogens is 318 g/mol. The Morgan fingerprint density at radius 3 is 2.68 bits per heavy atom. The number of rotatable bonds is 7. The zero-order valence-electron chi connectivity index (χ0n) is 14.3. The number of carbonyl (C=O) groups excluding carboxylic acids is 1. The molecule has 130 valence electrons. The minimum Gasteiger partial charge on any atom is -0.493 e. The van der Waals surface area contributed by atoms with Gasteiger partial charge in [0, 0.05) is 6.54 Å². The lowest BCUT2D eigenvalue weighted by Crippen LogP contribution is -2.27. The third kappa shape index (κ3) is 4.09. The average molecular weight is 339 g/mol. The Bertz CT molecular complexity index is 873. The average Bonchev–Trinajstić information content (AvgIpc) is 3.09. The van der Waals surface area contributed by atoms with Gasteiger partial charge in [0.25, 0.3) is 0 Å². The minimum absolute atomic E-state index is 0.0187. The molecule has 0 unspecified atom stereocenters. The molecule has 0 spiro atoms. The third-order valence-electron chi connectivity index (χ3n) is 4.03. The lowest BCUT2D eigenvalue weighted by Gasteiger charge is -2.10. The molecule has 0 atom stereocenters. The van der Waals surface area contributed by atoms with Crippen molar-refractivity contribution in [2.75, 3.05) is 20.8 Å². The molecular formula is C19H21N3O3. The second-order valence-electron chi connectivity index (χ2n) is 5.72. The van der Waals surface area contributed by atoms with E-state index >= 15 is 0 Å². The largest absolute Gasteiger partial charge is 0.493 e. The van der Waals surface area contributed by atoms with Crippen LogP contribution in [0.4, 0.5) is 0 Å². The fourth-order valence-corrected chi connectivity index (χ4v) is 2.72. The van der Waals surface area contributed by atoms with E-state index in [-0.39, 0.29) is 5.91 Å². The highest BCUT2D eigenvalue weighted by Gasteiger charge is 2.08. The van der Waals surface area contributed by atoms with Gasteiger partial charge in [-0.3, -0.25) is 4.79 Å². The van der Waals surface area contributed by atoms with Gasteiger partial charge in [-0.15, -0.1) is 0 Å². The Balaban J connectivity index is 1.52. The van der Waals surface area contributed by atoms with Gasteiger partial charge in [0.05, 0.1) is 38.0 Å². The highest BCUT2D eigenvalue weighted by Crippen LogP contribution is 2.27. The summed E-state index contributed by atoms with van der Waals surface area (Å²) in [6.07, 6.45) is 2.76. The summed E-state index contributed by atoms with van der Waals surface area (Å²) < 4.78 is 10.5. The maximum atomic E-state index is 12.1. The number of carbonyl (C=O) groups is 1. The molecule has 6 heteroatoms. The first-order chi connectivity index (χ1) is 12.2. The number of benzene rings is 2. The first-order valence-electron chi connectivity index (χ1n) is 8.09. The number of amides is 1. The van der Waals surface area contributed by atoms with Crippen molar-refractivity contribution in [2.45, 2.75) is 12.8 Å². The summed E-state index contributed by atoms with van der Waals surface area (Å²) >= 11 is 0. The third-order valence-corrected chi connectivity index (χ3v) is 4.03. The van der Waals surface area contributed by atoms with Gasteiger partial charge < -0.3 is 19.8 Å². The predicted octanol–water partition coefficient (Wildman–Crippen LogP) is 2.48. The molecule has 3 aromatic rings. The Morgan fingerprint density at radius 1 is 1.08 bits per heavy atom. The van der Waals surface area contributed by atoms with Crippen LogP contribution in [0.2, 0.25) is 0 Å². The first kappa shape index (κ1) is 16.8. The predicted molar refractivity (Wildman–Crippen MR) is 96.1 cm³/mol. The summed E-state index contributed by atoms with van der Waals surface area (Å²) in [5.41, 5.74) is 3.99. The molecule has 0 aliphatic heterocycles. The summed E-state index contributed by atoms with van der Waals surface area (Å²) in [6.45, 7) is 0.589. The molecule has 2 N–H and O–H groups in total. The maximum Gasteiger partial charge on any atom is 0.224 e. The molecule has 3 rings (SSSR count). The number of methoxy groups -OCH3 is 2. The van der Waals surface area contributed by atoms with Crippen molar-refractivity contribution in [2.24, 2.45) is 0 Å². The van der Waals surface area contributed by atoms with Gasteiger partial charge in [-0.25, -0.2) is 4.98 Å². The van der Waals surface area contributed by atoms with Crippen LogP contribution in [-0.4, -0.2) is 36.6 Å². The Labute approximate surface area is 146 Å². The summed E-state index contributed by atoms with van der Waals surface area (Å²) in [6, 6.07) is 11.6. The number of fused-ring (bicyclic) bond motifs is 1. The second-order valence-corrected chi connectivity index (χ2v) is 5.72. The summed E-state index contributed by atoms with van der Waals surface area (Å²) in [5.74, 6) is 1.26. The number of nitrogens with one attached hydrogen (secondary N) is 2. The summed E-state index contributed by atoms with van der Waals surface area (Å²) in [7, 11) is 3.17. The van der Waals surface area contributed by atoms with E-state index < -0.39 is 0 Å². The van der Waals surface area contributed by atoms with E-state index in [1.54, 1.807) is 26.6 Å². The number of aromatic nitrogens is 2. The monoisotopic (exact) mass is 339 g/mol. The molecule has 1 heterocycles. The summed E-state index contributed by atoms with van der Waals surface area (Å²) in [4.78, 5) is 19.4. The molecule has 0 aliphatic rings. The Kier molecular flexibility index (Phi) is 5.18. The molecule has 2 aromatic carbocycles. The maximum absolute atomic E-state index is 12.1. The van der Waals surface area contributed by atoms with Crippen LogP contribution in [0.1, 0.15) is 11.1 Å². The minimum atomic E-state index is -0.0187. The van der Waals surface area contributed by atoms with Gasteiger partial charge in [0.15, 0.2) is 11.5 Å². The van der Waals surface area contributed by atoms with Crippen LogP contribution in [0.5, 0.6) is 11.5 Å². The van der Waals surface area contributed by atoms with E-state index in [0.717, 1.165) is 28.6 Å². The van der Waals surface area contributed by atoms with Gasteiger partial charge in [0.1, 0.15) is 0 Å². The Hall–Kier alpha value is -3.02. The van der Waals surface area contributed by atoms with Gasteiger partial charge in [-0.05, 0) is 41.8 Å². The number of nitrogens with zero attached hydrogens (tertiary/aromatic N) is 1. The van der Waals surface area contributed by atoms with Crippen molar-refractivity contribution < 1.29 is 14.3 Å². The molecule has 6 nitrogen and oxygen atoms in total. The number of ether oxygens (including phenoxy) is 2. The van der Waals surface area contributed by atoms with E-state index in [1.165, 1.54) is 0 Å². The van der Waals surface area contributed by atoms with Crippen LogP contribution in [0.15, 0.2) is 42.7 Å². The zero-order chi connectivity index (χ0) is 17.6. The van der Waals surface area contributed by atoms with Crippen molar-refractivity contribution in [1.82, 2.24) is 15.3 Å². The van der Waals surface area contributed by atoms with E-state index in [1.807, 2.05) is 24.3 Å². The number of imidazole rings is 1. The highest BCUT2D eigenvalue weighted by molar-refractivity contribution is 5.79. The van der Waals surface area contributed by atoms with Crippen LogP contribution >= 0.6 is 0 Å². The smallest absolute Gasteiger partial charge is 0.224 e. The van der Waals surface area contributed by atoms with E-state index in [0.29, 0.717) is 24.5 Å². The topological polar surface area (TPSA) is 76.2 Å². The SMILES string of the molecule is COc1ccc(CC(=O)NCCc2ccc3nc[nH]c3c2)cc1OC. The van der Waals surface area contributed by atoms with Crippen LogP contribution in [-0.2, 0) is 17.6 Å². The normalized spacial score (nSPS) is 10.6. The molecule has 0 aliphatic carbocycles. The van der Waals surface area contributed by atoms with Crippen molar-refractivity contribution in [3.63, 3.8) is 0 Å². The fourth-order valence-electron chi connectivity index (χ4n) is 2.72. The van der Waals surface area contributed by atoms with Crippen LogP contribution in [0, 0.1) is 0 Å². The van der Waals surface area contributed by atoms with Crippen molar-refractivity contribution in [3.05, 3.63) is 53.9 Å². The van der Waals surface area contributed by atoms with Crippen LogP contribution in [0.25, 0.3) is 11.0 Å². The zero-order valence-corrected chi connectivity index (χ0v) is 14.3. The molecule has 1 amide bonds. The standard InChI is InChI=1S/C19H21N3O3/c1-24-17-6-4-14(10-18(17)25-2)11-19(23)20-8-7-13-3-5-15-16(9-13)22-12-21-15/h3-6,9-10,12H,7-8,11H2,1-2H3,(H,20,23)(H,21,22). The highest BCUT2D eigenvalue weighted by atomic mass is 16.5. The summed E-state index contributed by atoms with van der Waals surface area (Å²) in [5, 5.41) is 2.95. The number of hydrogen-bond donors (Lipinski definition) is 2. The lowest BCUT2D eigenvalue weighted by atomic mass is 10.1. The second kappa shape index (κ2) is 7.70. The molecule has 0 fully saturated rings. The number of H-pyrrole nitrogens is 1. The molecule has 0 saturated carbocycles. The van der Waals surface area contributed by atoms with Gasteiger partial charge in [-0.2, -0.15) is 0 Å². The van der Waals surface area contributed by atoms with Crippen LogP contribution in [0.3, 0.4) is 0 Å². The van der Waals surface area contributed by atoms with E-state index in [2.05, 4.69) is 21.4 Å². The van der Waals surface area contributed by atoms with Gasteiger partial charge in [-0.1, -0.05) is 12.1 Å². The lowest BCUT2D eigenvalue weighted by molar-refractivity contribution is -0.120. The fraction of sp³-hybridized carbons (Fsp3) is 0.263. The van der Waals surface area contributed by atoms with E-state index in [9.17, 15) is 4.79 Å². The quantitative estimate of drug-likeness (QED) is 0.693. The molecule has 25 heavy (non-hydrogen) atoms. The van der Waals surface area contributed by atoms with Crippen molar-refractivity contribution >= 4 is 16.9 Å². The van der Waals surface area contributed by atoms with Gasteiger partial charge >= 0.3 is 0 Å². The van der Waals surface area contributed by atoms with Crippen LogP contribution < -0.4 is 14.8 Å². The number of aromatic amines is 1. The molecule has 0 saturated heterocycles. The number of hydrogen-bond acceptors (Lipinski definition) is 4. The molecule has 1 aromatic heterocycles. The van der Waals surface area contributed by atoms with Crippen molar-refractivity contribution in [3.8, 4) is 11.5 Å². The molecule has 0 radical (unpaired) electrons. The molecule has 0 bridgehead atoms. The Morgan fingerprint density at radius 2 is 1.88 bits per heavy atom. The van der Waals surface area contributed by atoms with Crippen molar-refractivity contribution in [1.29, 1.82) is 0 Å². The first-order valence-corrected chi connectivity index (χ1v) is 8.09.